The van der Waals surface area contributed by atoms with E-state index in [1.165, 1.54) is 0 Å². The molecule has 6 rings (SSSR count). The van der Waals surface area contributed by atoms with E-state index < -0.39 is 11.7 Å². The molecular weight excluding hydrogens is 479 g/mol. The topological polar surface area (TPSA) is 124 Å². The molecule has 3 fully saturated rings. The van der Waals surface area contributed by atoms with Crippen molar-refractivity contribution < 1.29 is 9.50 Å². The minimum absolute atomic E-state index is 0.0225. The lowest BCUT2D eigenvalue weighted by molar-refractivity contribution is 0.000258. The van der Waals surface area contributed by atoms with Gasteiger partial charge in [-0.05, 0) is 64.5 Å². The first kappa shape index (κ1) is 23.2. The molecule has 4 atom stereocenters. The molecule has 0 unspecified atom stereocenters. The number of aromatic hydroxyl groups is 1. The van der Waals surface area contributed by atoms with E-state index in [-0.39, 0.29) is 34.2 Å². The Labute approximate surface area is 212 Å². The van der Waals surface area contributed by atoms with Gasteiger partial charge in [0.15, 0.2) is 11.6 Å². The molecule has 186 valence electrons. The van der Waals surface area contributed by atoms with Crippen LogP contribution in [-0.2, 0) is 0 Å². The van der Waals surface area contributed by atoms with Crippen LogP contribution in [0.4, 0.5) is 10.2 Å². The van der Waals surface area contributed by atoms with Gasteiger partial charge in [-0.3, -0.25) is 0 Å². The average Bonchev–Trinajstić information content (AvgIpc) is 3.57. The number of hydrogen-bond acceptors (Lipinski definition) is 10. The minimum atomic E-state index is -1.02. The number of phenols is 1. The van der Waals surface area contributed by atoms with E-state index in [0.717, 1.165) is 43.4 Å². The molecule has 2 bridgehead atoms. The van der Waals surface area contributed by atoms with E-state index in [2.05, 4.69) is 42.5 Å². The van der Waals surface area contributed by atoms with E-state index in [0.29, 0.717) is 28.4 Å². The van der Waals surface area contributed by atoms with Gasteiger partial charge >= 0.3 is 0 Å². The number of piperidine rings is 2. The summed E-state index contributed by atoms with van der Waals surface area (Å²) in [4.78, 5) is 6.62. The lowest BCUT2D eigenvalue weighted by atomic mass is 9.68. The number of alkyl halides is 1. The third-order valence-corrected chi connectivity index (χ3v) is 8.61. The predicted molar refractivity (Wildman–Crippen MR) is 133 cm³/mol. The molecule has 11 heteroatoms. The Morgan fingerprint density at radius 3 is 2.69 bits per heavy atom. The molecule has 1 saturated carbocycles. The molecule has 3 aliphatic rings. The summed E-state index contributed by atoms with van der Waals surface area (Å²) in [5.41, 5.74) is 0.439. The Balaban J connectivity index is 1.28. The summed E-state index contributed by atoms with van der Waals surface area (Å²) in [6.45, 7) is 4.21. The van der Waals surface area contributed by atoms with Gasteiger partial charge < -0.3 is 15.3 Å². The molecule has 0 radical (unpaired) electrons. The van der Waals surface area contributed by atoms with Crippen molar-refractivity contribution in [3.8, 4) is 33.8 Å². The van der Waals surface area contributed by atoms with Crippen LogP contribution < -0.4 is 10.2 Å². The minimum Gasteiger partial charge on any atom is -0.507 e. The highest BCUT2D eigenvalue weighted by atomic mass is 32.1. The highest BCUT2D eigenvalue weighted by Crippen LogP contribution is 2.46. The van der Waals surface area contributed by atoms with Crippen molar-refractivity contribution >= 4 is 17.2 Å². The van der Waals surface area contributed by atoms with E-state index in [9.17, 15) is 5.11 Å². The number of halogens is 1. The molecular formula is C25H27FN8OS. The van der Waals surface area contributed by atoms with Crippen molar-refractivity contribution in [1.82, 2.24) is 30.7 Å². The number of rotatable bonds is 5. The van der Waals surface area contributed by atoms with Gasteiger partial charge in [-0.25, -0.2) is 9.37 Å². The number of nitriles is 1. The number of hydrogen-bond donors (Lipinski definition) is 2. The molecule has 3 aromatic rings. The predicted octanol–water partition coefficient (Wildman–Crippen LogP) is 4.00. The molecule has 36 heavy (non-hydrogen) atoms. The molecule has 2 aliphatic heterocycles. The van der Waals surface area contributed by atoms with E-state index in [1.807, 2.05) is 13.0 Å². The van der Waals surface area contributed by atoms with Crippen molar-refractivity contribution in [3.63, 3.8) is 0 Å². The zero-order valence-electron chi connectivity index (χ0n) is 20.1. The number of nitrogens with zero attached hydrogens (tertiary/aromatic N) is 7. The normalized spacial score (nSPS) is 29.5. The second-order valence-electron chi connectivity index (χ2n) is 10.7. The fraction of sp³-hybridized carbons (Fsp3) is 0.520. The molecule has 2 N–H and O–H groups in total. The van der Waals surface area contributed by atoms with Crippen LogP contribution in [0, 0.1) is 11.3 Å². The first-order valence-electron chi connectivity index (χ1n) is 12.3. The van der Waals surface area contributed by atoms with Crippen molar-refractivity contribution in [2.24, 2.45) is 0 Å². The number of phenolic OH excluding ortho intramolecular Hbond substituents is 1. The van der Waals surface area contributed by atoms with Crippen LogP contribution in [0.25, 0.3) is 22.0 Å². The fourth-order valence-electron chi connectivity index (χ4n) is 5.98. The summed E-state index contributed by atoms with van der Waals surface area (Å²) in [5, 5.41) is 40.6. The van der Waals surface area contributed by atoms with Gasteiger partial charge in [-0.1, -0.05) is 17.4 Å². The maximum Gasteiger partial charge on any atom is 0.218 e. The third kappa shape index (κ3) is 3.98. The molecule has 0 spiro atoms. The van der Waals surface area contributed by atoms with Crippen LogP contribution in [-0.4, -0.2) is 59.8 Å². The molecule has 0 amide bonds. The zero-order chi connectivity index (χ0) is 25.1. The Hall–Kier alpha value is -3.23. The van der Waals surface area contributed by atoms with Crippen molar-refractivity contribution in [1.29, 1.82) is 5.26 Å². The second kappa shape index (κ2) is 8.42. The number of aromatic nitrogens is 5. The SMILES string of the molecule is C[C@]12CCC[C@](C)(N1)[C@H](F)[C@H](N(c1cnc(-c3ccc(-c4nnc(C#N)s4)cc3O)nn1)C1CC1)C2. The number of benzene rings is 1. The lowest BCUT2D eigenvalue weighted by Gasteiger charge is -2.57. The molecule has 9 nitrogen and oxygen atoms in total. The van der Waals surface area contributed by atoms with Gasteiger partial charge in [0.05, 0.1) is 17.8 Å². The Kier molecular flexibility index (Phi) is 5.42. The summed E-state index contributed by atoms with van der Waals surface area (Å²) in [6.07, 6.45) is 6.25. The number of fused-ring (bicyclic) bond motifs is 2. The highest BCUT2D eigenvalue weighted by Gasteiger charge is 2.55. The van der Waals surface area contributed by atoms with Crippen LogP contribution in [0.2, 0.25) is 0 Å². The van der Waals surface area contributed by atoms with Gasteiger partial charge in [0.1, 0.15) is 23.0 Å². The van der Waals surface area contributed by atoms with Gasteiger partial charge in [-0.15, -0.1) is 20.4 Å². The third-order valence-electron chi connectivity index (χ3n) is 7.74. The van der Waals surface area contributed by atoms with Crippen LogP contribution in [0.3, 0.4) is 0 Å². The monoisotopic (exact) mass is 506 g/mol. The summed E-state index contributed by atoms with van der Waals surface area (Å²) < 4.78 is 16.0. The largest absolute Gasteiger partial charge is 0.507 e. The summed E-state index contributed by atoms with van der Waals surface area (Å²) >= 11 is 1.15. The maximum atomic E-state index is 16.0. The molecule has 1 aromatic carbocycles. The van der Waals surface area contributed by atoms with Gasteiger partial charge in [-0.2, -0.15) is 5.26 Å². The number of anilines is 1. The lowest BCUT2D eigenvalue weighted by Crippen LogP contribution is -2.73. The van der Waals surface area contributed by atoms with Gasteiger partial charge in [0, 0.05) is 22.7 Å². The summed E-state index contributed by atoms with van der Waals surface area (Å²) in [7, 11) is 0. The van der Waals surface area contributed by atoms with Crippen molar-refractivity contribution in [2.75, 3.05) is 4.90 Å². The summed E-state index contributed by atoms with van der Waals surface area (Å²) in [5.74, 6) is 0.840. The first-order valence-corrected chi connectivity index (χ1v) is 13.1. The zero-order valence-corrected chi connectivity index (χ0v) is 21.0. The quantitative estimate of drug-likeness (QED) is 0.528. The first-order chi connectivity index (χ1) is 17.3. The van der Waals surface area contributed by atoms with E-state index in [4.69, 9.17) is 5.26 Å². The van der Waals surface area contributed by atoms with E-state index in [1.54, 1.807) is 24.4 Å². The van der Waals surface area contributed by atoms with Crippen LogP contribution in [0.15, 0.2) is 24.4 Å². The Morgan fingerprint density at radius 2 is 2.03 bits per heavy atom. The van der Waals surface area contributed by atoms with Crippen LogP contribution in [0.1, 0.15) is 57.4 Å². The van der Waals surface area contributed by atoms with Crippen LogP contribution in [0.5, 0.6) is 5.75 Å². The smallest absolute Gasteiger partial charge is 0.218 e. The number of nitrogens with one attached hydrogen (secondary N) is 1. The second-order valence-corrected chi connectivity index (χ2v) is 11.6. The average molecular weight is 507 g/mol. The van der Waals surface area contributed by atoms with Gasteiger partial charge in [0.25, 0.3) is 0 Å². The fourth-order valence-corrected chi connectivity index (χ4v) is 6.62. The molecule has 1 aliphatic carbocycles. The van der Waals surface area contributed by atoms with Crippen molar-refractivity contribution in [3.05, 3.63) is 29.4 Å². The van der Waals surface area contributed by atoms with Crippen LogP contribution >= 0.6 is 11.3 Å². The Bertz CT molecular complexity index is 1340. The maximum absolute atomic E-state index is 16.0. The Morgan fingerprint density at radius 1 is 1.19 bits per heavy atom. The molecule has 2 saturated heterocycles. The summed E-state index contributed by atoms with van der Waals surface area (Å²) in [6, 6.07) is 6.94. The highest BCUT2D eigenvalue weighted by molar-refractivity contribution is 7.15. The van der Waals surface area contributed by atoms with Crippen molar-refractivity contribution in [2.45, 2.75) is 81.7 Å². The molecule has 4 heterocycles. The van der Waals surface area contributed by atoms with Gasteiger partial charge in [0.2, 0.25) is 5.01 Å². The van der Waals surface area contributed by atoms with E-state index >= 15 is 4.39 Å². The molecule has 2 aromatic heterocycles. The standard InChI is InChI=1S/C25H27FN8OS/c1-24-8-3-9-25(2,33-24)21(26)17(11-24)34(15-5-6-15)19-13-28-22(31-29-19)16-7-4-14(10-18(16)35)23-32-30-20(12-27)36-23/h4,7,10,13,15,17,21,33,35H,3,5-6,8-9,11H2,1-2H3/t17-,21-,24-,25+/m1/s1.